The van der Waals surface area contributed by atoms with E-state index in [1.54, 1.807) is 18.2 Å². The number of nitrogens with one attached hydrogen (secondary N) is 2. The third kappa shape index (κ3) is 3.99. The zero-order valence-corrected chi connectivity index (χ0v) is 16.4. The number of carbonyl (C=O) groups excluding carboxylic acids is 1. The van der Waals surface area contributed by atoms with Gasteiger partial charge in [0.25, 0.3) is 5.91 Å². The van der Waals surface area contributed by atoms with Crippen LogP contribution in [0, 0.1) is 6.92 Å². The lowest BCUT2D eigenvalue weighted by molar-refractivity contribution is 0.0947. The molecular formula is C22H21N3O4. The summed E-state index contributed by atoms with van der Waals surface area (Å²) in [7, 11) is 0. The predicted molar refractivity (Wildman–Crippen MR) is 110 cm³/mol. The fraction of sp³-hybridized carbons (Fsp3) is 0.227. The van der Waals surface area contributed by atoms with Crippen molar-refractivity contribution >= 4 is 27.9 Å². The summed E-state index contributed by atoms with van der Waals surface area (Å²) in [5.41, 5.74) is 2.33. The van der Waals surface area contributed by atoms with E-state index in [-0.39, 0.29) is 18.2 Å². The molecule has 0 aliphatic heterocycles. The van der Waals surface area contributed by atoms with E-state index in [9.17, 15) is 9.59 Å². The Bertz CT molecular complexity index is 1270. The first kappa shape index (κ1) is 18.7. The molecule has 2 aromatic carbocycles. The number of hydrogen-bond donors (Lipinski definition) is 2. The molecule has 7 heteroatoms. The summed E-state index contributed by atoms with van der Waals surface area (Å²) in [6.07, 6.45) is 0.00844. The van der Waals surface area contributed by atoms with Crippen molar-refractivity contribution in [2.45, 2.75) is 33.4 Å². The Morgan fingerprint density at radius 3 is 2.83 bits per heavy atom. The van der Waals surface area contributed by atoms with Crippen LogP contribution in [0.1, 0.15) is 35.6 Å². The van der Waals surface area contributed by atoms with Gasteiger partial charge in [0, 0.05) is 18.0 Å². The number of imidazole rings is 1. The van der Waals surface area contributed by atoms with E-state index in [4.69, 9.17) is 9.15 Å². The van der Waals surface area contributed by atoms with Gasteiger partial charge in [-0.2, -0.15) is 0 Å². The van der Waals surface area contributed by atoms with Crippen molar-refractivity contribution in [1.82, 2.24) is 15.3 Å². The lowest BCUT2D eigenvalue weighted by atomic mass is 10.1. The number of carbonyl (C=O) groups is 1. The lowest BCUT2D eigenvalue weighted by Gasteiger charge is -2.10. The van der Waals surface area contributed by atoms with Crippen molar-refractivity contribution in [3.63, 3.8) is 0 Å². The van der Waals surface area contributed by atoms with Gasteiger partial charge in [-0.1, -0.05) is 6.07 Å². The van der Waals surface area contributed by atoms with Crippen molar-refractivity contribution in [1.29, 1.82) is 0 Å². The van der Waals surface area contributed by atoms with Crippen LogP contribution in [-0.4, -0.2) is 22.0 Å². The first-order valence-electron chi connectivity index (χ1n) is 9.37. The lowest BCUT2D eigenvalue weighted by Crippen LogP contribution is -2.27. The second-order valence-electron chi connectivity index (χ2n) is 7.17. The van der Waals surface area contributed by atoms with Crippen molar-refractivity contribution in [3.05, 3.63) is 69.8 Å². The summed E-state index contributed by atoms with van der Waals surface area (Å²) < 4.78 is 11.0. The predicted octanol–water partition coefficient (Wildman–Crippen LogP) is 3.69. The van der Waals surface area contributed by atoms with Crippen LogP contribution in [0.5, 0.6) is 5.75 Å². The topological polar surface area (TPSA) is 97.2 Å². The van der Waals surface area contributed by atoms with Gasteiger partial charge in [0.15, 0.2) is 0 Å². The van der Waals surface area contributed by atoms with Crippen LogP contribution in [0.3, 0.4) is 0 Å². The Labute approximate surface area is 166 Å². The molecule has 0 spiro atoms. The highest BCUT2D eigenvalue weighted by Gasteiger charge is 2.14. The minimum absolute atomic E-state index is 0.00844. The third-order valence-electron chi connectivity index (χ3n) is 4.44. The summed E-state index contributed by atoms with van der Waals surface area (Å²) >= 11 is 0. The highest BCUT2D eigenvalue weighted by atomic mass is 16.5. The minimum Gasteiger partial charge on any atom is -0.491 e. The monoisotopic (exact) mass is 391 g/mol. The second-order valence-corrected chi connectivity index (χ2v) is 7.17. The molecule has 0 aliphatic rings. The van der Waals surface area contributed by atoms with Gasteiger partial charge in [-0.15, -0.1) is 0 Å². The molecule has 2 N–H and O–H groups in total. The highest BCUT2D eigenvalue weighted by molar-refractivity contribution is 5.96. The van der Waals surface area contributed by atoms with Crippen LogP contribution in [-0.2, 0) is 6.54 Å². The number of amides is 1. The molecule has 4 aromatic rings. The minimum atomic E-state index is -0.684. The molecule has 0 aliphatic carbocycles. The van der Waals surface area contributed by atoms with Gasteiger partial charge in [0.2, 0.25) is 0 Å². The van der Waals surface area contributed by atoms with Crippen molar-refractivity contribution in [2.75, 3.05) is 0 Å². The molecule has 4 rings (SSSR count). The molecule has 0 unspecified atom stereocenters. The van der Waals surface area contributed by atoms with Gasteiger partial charge in [-0.05, 0) is 56.7 Å². The van der Waals surface area contributed by atoms with E-state index >= 15 is 0 Å². The van der Waals surface area contributed by atoms with Crippen molar-refractivity contribution < 1.29 is 13.9 Å². The largest absolute Gasteiger partial charge is 0.491 e. The Morgan fingerprint density at radius 2 is 2.03 bits per heavy atom. The van der Waals surface area contributed by atoms with Gasteiger partial charge in [0.05, 0.1) is 17.1 Å². The summed E-state index contributed by atoms with van der Waals surface area (Å²) in [6, 6.07) is 12.4. The second kappa shape index (κ2) is 7.43. The normalized spacial score (nSPS) is 11.3. The molecule has 7 nitrogen and oxygen atoms in total. The number of aromatic amines is 1. The van der Waals surface area contributed by atoms with Crippen LogP contribution < -0.4 is 15.7 Å². The number of hydrogen-bond acceptors (Lipinski definition) is 5. The molecule has 0 bridgehead atoms. The average molecular weight is 391 g/mol. The molecule has 2 aromatic heterocycles. The van der Waals surface area contributed by atoms with Crippen molar-refractivity contribution in [2.24, 2.45) is 0 Å². The van der Waals surface area contributed by atoms with Gasteiger partial charge in [0.1, 0.15) is 22.7 Å². The summed E-state index contributed by atoms with van der Waals surface area (Å²) in [4.78, 5) is 32.4. The van der Waals surface area contributed by atoms with Gasteiger partial charge in [-0.25, -0.2) is 9.78 Å². The van der Waals surface area contributed by atoms with Crippen LogP contribution in [0.15, 0.2) is 51.7 Å². The first-order chi connectivity index (χ1) is 13.9. The molecule has 1 amide bonds. The Kier molecular flexibility index (Phi) is 4.80. The van der Waals surface area contributed by atoms with E-state index in [2.05, 4.69) is 15.3 Å². The maximum atomic E-state index is 12.5. The molecule has 0 atom stereocenters. The van der Waals surface area contributed by atoms with Crippen LogP contribution in [0.4, 0.5) is 0 Å². The smallest absolute Gasteiger partial charge is 0.349 e. The molecule has 0 fully saturated rings. The molecular weight excluding hydrogens is 370 g/mol. The number of ether oxygens (including phenoxy) is 1. The zero-order valence-electron chi connectivity index (χ0n) is 16.4. The first-order valence-corrected chi connectivity index (χ1v) is 9.37. The number of H-pyrrole nitrogens is 1. The fourth-order valence-corrected chi connectivity index (χ4v) is 3.17. The SMILES string of the molecule is Cc1nc2ccc(CNC(=O)c3cc4ccc(OC(C)C)cc4oc3=O)cc2[nH]1. The summed E-state index contributed by atoms with van der Waals surface area (Å²) in [5, 5.41) is 3.42. The van der Waals surface area contributed by atoms with Crippen molar-refractivity contribution in [3.8, 4) is 5.75 Å². The van der Waals surface area contributed by atoms with E-state index in [0.717, 1.165) is 22.4 Å². The van der Waals surface area contributed by atoms with Crippen LogP contribution in [0.25, 0.3) is 22.0 Å². The Hall–Kier alpha value is -3.61. The fourth-order valence-electron chi connectivity index (χ4n) is 3.17. The number of nitrogens with zero attached hydrogens (tertiary/aromatic N) is 1. The van der Waals surface area contributed by atoms with E-state index in [1.807, 2.05) is 39.0 Å². The zero-order chi connectivity index (χ0) is 20.5. The third-order valence-corrected chi connectivity index (χ3v) is 4.44. The Morgan fingerprint density at radius 1 is 1.21 bits per heavy atom. The van der Waals surface area contributed by atoms with E-state index in [1.165, 1.54) is 6.07 Å². The Balaban J connectivity index is 1.53. The van der Waals surface area contributed by atoms with Crippen LogP contribution >= 0.6 is 0 Å². The van der Waals surface area contributed by atoms with Crippen LogP contribution in [0.2, 0.25) is 0 Å². The molecule has 148 valence electrons. The number of rotatable bonds is 5. The highest BCUT2D eigenvalue weighted by Crippen LogP contribution is 2.21. The van der Waals surface area contributed by atoms with Gasteiger partial charge in [-0.3, -0.25) is 4.79 Å². The van der Waals surface area contributed by atoms with E-state index in [0.29, 0.717) is 16.7 Å². The molecule has 2 heterocycles. The molecule has 0 saturated carbocycles. The quantitative estimate of drug-likeness (QED) is 0.506. The number of aryl methyl sites for hydroxylation is 1. The maximum Gasteiger partial charge on any atom is 0.349 e. The van der Waals surface area contributed by atoms with Gasteiger partial charge >= 0.3 is 5.63 Å². The summed E-state index contributed by atoms with van der Waals surface area (Å²) in [6.45, 7) is 6.00. The molecule has 0 radical (unpaired) electrons. The molecule has 29 heavy (non-hydrogen) atoms. The number of benzene rings is 2. The van der Waals surface area contributed by atoms with Gasteiger partial charge < -0.3 is 19.5 Å². The summed E-state index contributed by atoms with van der Waals surface area (Å²) in [5.74, 6) is 0.957. The molecule has 0 saturated heterocycles. The van der Waals surface area contributed by atoms with E-state index < -0.39 is 11.5 Å². The average Bonchev–Trinajstić information content (AvgIpc) is 3.04. The number of fused-ring (bicyclic) bond motifs is 2. The number of aromatic nitrogens is 2. The standard InChI is InChI=1S/C22H21N3O4/c1-12(2)28-16-6-5-15-9-17(22(27)29-20(15)10-16)21(26)23-11-14-4-7-18-19(8-14)25-13(3)24-18/h4-10,12H,11H2,1-3H3,(H,23,26)(H,24,25). The maximum absolute atomic E-state index is 12.5.